The molecule has 0 aliphatic carbocycles. The summed E-state index contributed by atoms with van der Waals surface area (Å²) in [5, 5.41) is 59.7. The van der Waals surface area contributed by atoms with Gasteiger partial charge in [-0.15, -0.1) is 0 Å². The predicted octanol–water partition coefficient (Wildman–Crippen LogP) is 9.06. The predicted molar refractivity (Wildman–Crippen MR) is 303 cm³/mol. The molecule has 0 aromatic carbocycles. The molecule has 0 amide bonds. The Morgan fingerprint density at radius 1 is 0.385 bits per heavy atom. The molecule has 4 heterocycles. The molecule has 0 bridgehead atoms. The average Bonchev–Trinajstić information content (AvgIpc) is 3.43. The molecule has 432 valence electrons. The molecule has 0 saturated heterocycles. The molecule has 78 heavy (non-hydrogen) atoms. The molecule has 4 rings (SSSR count). The number of hydrogen-bond donors (Lipinski definition) is 0. The summed E-state index contributed by atoms with van der Waals surface area (Å²) in [5.74, 6) is -5.35. The molecule has 4 aromatic rings. The minimum atomic E-state index is -1.34. The smallest absolute Gasteiger partial charge is 0.753 e. The summed E-state index contributed by atoms with van der Waals surface area (Å²) in [6.07, 6.45) is 27.3. The number of carboxylic acids is 4. The molecule has 16 nitrogen and oxygen atoms in total. The zero-order valence-electron chi connectivity index (χ0n) is 47.3. The standard InChI is InChI=1S/2C16H36N.2C12H8N2O4.2CNS.2Ru/c2*1-5-9-13-17(14-10-6-2,15-11-7-3)16-12-8-4;2*15-11(16)7-1-3-13-9(5-7)10-6-8(12(17)18)2-4-14-10;2*2-1-3;;/h2*5-16H2,1-4H3;2*1-6H,(H,15,16)(H,17,18);;;;/q2*+1;;;2*-1;2*+2/p-4. The summed E-state index contributed by atoms with van der Waals surface area (Å²) in [4.78, 5) is 58.5. The van der Waals surface area contributed by atoms with Gasteiger partial charge in [0.15, 0.2) is 0 Å². The molecule has 0 fully saturated rings. The third kappa shape index (κ3) is 35.7. The van der Waals surface area contributed by atoms with E-state index in [0.29, 0.717) is 0 Å². The Morgan fingerprint density at radius 3 is 0.641 bits per heavy atom. The second-order valence-electron chi connectivity index (χ2n) is 18.4. The molecule has 0 unspecified atom stereocenters. The summed E-state index contributed by atoms with van der Waals surface area (Å²) in [5.41, 5.74) is 0.779. The summed E-state index contributed by atoms with van der Waals surface area (Å²) < 4.78 is 2.84. The topological polar surface area (TPSA) is 257 Å². The number of pyridine rings is 4. The summed E-state index contributed by atoms with van der Waals surface area (Å²) >= 11 is 7.40. The fraction of sp³-hybridized carbons (Fsp3) is 0.552. The molecular weight excluding hydrogens is 1200 g/mol. The van der Waals surface area contributed by atoms with Crippen molar-refractivity contribution in [3.05, 3.63) is 106 Å². The molecule has 0 spiro atoms. The van der Waals surface area contributed by atoms with E-state index < -0.39 is 23.9 Å². The Hall–Kier alpha value is -4.75. The number of carboxylic acid groups (broad SMARTS) is 4. The maximum atomic E-state index is 10.7. The Kier molecular flexibility index (Phi) is 51.6. The van der Waals surface area contributed by atoms with Crippen molar-refractivity contribution in [1.82, 2.24) is 19.9 Å². The maximum Gasteiger partial charge on any atom is 2.00 e. The van der Waals surface area contributed by atoms with Gasteiger partial charge in [-0.1, -0.05) is 131 Å². The SMILES string of the molecule is CCCC[N+](CCCC)(CCCC)CCCC.CCCC[N+](CCCC)(CCCC)CCCC.O=C([O-])c1ccnc(-c2cc(C(=O)[O-])ccn2)c1.O=C([O-])c1ccnc(-c2cc(C(=O)[O-])ccn2)c1.[N-]=C=S.[N-]=C=S.[Ru+2].[Ru+2]. The number of isothiocyanates is 2. The van der Waals surface area contributed by atoms with E-state index >= 15 is 0 Å². The van der Waals surface area contributed by atoms with E-state index in [1.54, 1.807) is 0 Å². The molecule has 4 aromatic heterocycles. The number of rotatable bonds is 30. The van der Waals surface area contributed by atoms with E-state index in [1.807, 2.05) is 0 Å². The van der Waals surface area contributed by atoms with Crippen LogP contribution in [0.3, 0.4) is 0 Å². The number of hydrogen-bond acceptors (Lipinski definition) is 14. The first-order valence-electron chi connectivity index (χ1n) is 26.9. The average molecular weight is 1290 g/mol. The Bertz CT molecular complexity index is 1970. The molecule has 20 heteroatoms. The summed E-state index contributed by atoms with van der Waals surface area (Å²) in [6, 6.07) is 10.2. The van der Waals surface area contributed by atoms with E-state index in [0.717, 1.165) is 0 Å². The van der Waals surface area contributed by atoms with Gasteiger partial charge in [-0.05, 0) is 99.9 Å². The minimum absolute atomic E-state index is 0. The number of quaternary nitrogens is 2. The van der Waals surface area contributed by atoms with Crippen molar-refractivity contribution >= 4 is 58.6 Å². The van der Waals surface area contributed by atoms with Gasteiger partial charge >= 0.3 is 39.0 Å². The molecule has 0 saturated carbocycles. The van der Waals surface area contributed by atoms with Crippen LogP contribution in [0.1, 0.15) is 200 Å². The van der Waals surface area contributed by atoms with Gasteiger partial charge in [0.25, 0.3) is 0 Å². The van der Waals surface area contributed by atoms with Crippen LogP contribution in [0.15, 0.2) is 73.3 Å². The van der Waals surface area contributed by atoms with Gasteiger partial charge in [-0.25, -0.2) is 0 Å². The van der Waals surface area contributed by atoms with Gasteiger partial charge in [0.1, 0.15) is 0 Å². The molecular formula is C58H84N8O8Ru2S2. The van der Waals surface area contributed by atoms with Gasteiger partial charge in [0.05, 0.1) is 99.0 Å². The van der Waals surface area contributed by atoms with Crippen molar-refractivity contribution in [3.8, 4) is 22.8 Å². The first-order valence-corrected chi connectivity index (χ1v) is 27.7. The monoisotopic (exact) mass is 1290 g/mol. The molecule has 0 atom stereocenters. The number of aromatic nitrogens is 4. The Balaban J connectivity index is -0.000000448. The van der Waals surface area contributed by atoms with E-state index in [-0.39, 0.29) is 84.0 Å². The Labute approximate surface area is 502 Å². The van der Waals surface area contributed by atoms with Crippen LogP contribution in [0, 0.1) is 0 Å². The van der Waals surface area contributed by atoms with Crippen molar-refractivity contribution in [2.24, 2.45) is 0 Å². The second kappa shape index (κ2) is 50.5. The number of unbranched alkanes of at least 4 members (excludes halogenated alkanes) is 8. The van der Waals surface area contributed by atoms with Crippen molar-refractivity contribution in [1.29, 1.82) is 0 Å². The van der Waals surface area contributed by atoms with Crippen LogP contribution in [-0.2, 0) is 39.0 Å². The fourth-order valence-corrected chi connectivity index (χ4v) is 8.08. The number of carbonyl (C=O) groups excluding carboxylic acids is 4. The largest absolute Gasteiger partial charge is 2.00 e. The van der Waals surface area contributed by atoms with Crippen LogP contribution >= 0.6 is 24.4 Å². The van der Waals surface area contributed by atoms with Crippen LogP contribution < -0.4 is 20.4 Å². The fourth-order valence-electron chi connectivity index (χ4n) is 8.08. The number of carbonyl (C=O) groups is 4. The second-order valence-corrected chi connectivity index (χ2v) is 18.7. The minimum Gasteiger partial charge on any atom is -0.753 e. The van der Waals surface area contributed by atoms with Crippen molar-refractivity contribution in [3.63, 3.8) is 0 Å². The van der Waals surface area contributed by atoms with E-state index in [4.69, 9.17) is 10.8 Å². The van der Waals surface area contributed by atoms with E-state index in [1.165, 1.54) is 248 Å². The molecule has 0 aliphatic rings. The van der Waals surface area contributed by atoms with Gasteiger partial charge in [0, 0.05) is 47.0 Å². The van der Waals surface area contributed by atoms with E-state index in [9.17, 15) is 39.6 Å². The van der Waals surface area contributed by atoms with Crippen LogP contribution in [0.25, 0.3) is 33.6 Å². The third-order valence-electron chi connectivity index (χ3n) is 12.4. The van der Waals surface area contributed by atoms with Gasteiger partial charge in [0.2, 0.25) is 0 Å². The molecule has 0 aliphatic heterocycles. The van der Waals surface area contributed by atoms with Gasteiger partial charge in [-0.3, -0.25) is 19.9 Å². The van der Waals surface area contributed by atoms with Gasteiger partial charge < -0.3 is 59.4 Å². The van der Waals surface area contributed by atoms with Crippen molar-refractivity contribution in [2.45, 2.75) is 158 Å². The molecule has 0 N–H and O–H groups in total. The van der Waals surface area contributed by atoms with Gasteiger partial charge in [-0.2, -0.15) is 10.3 Å². The zero-order chi connectivity index (χ0) is 57.6. The normalized spacial score (nSPS) is 10.1. The number of nitrogens with zero attached hydrogens (tertiary/aromatic N) is 8. The number of thiocarbonyl (C=S) groups is 2. The van der Waals surface area contributed by atoms with Crippen LogP contribution in [0.4, 0.5) is 0 Å². The third-order valence-corrected chi connectivity index (χ3v) is 12.4. The Morgan fingerprint density at radius 2 is 0.526 bits per heavy atom. The summed E-state index contributed by atoms with van der Waals surface area (Å²) in [6.45, 7) is 30.0. The van der Waals surface area contributed by atoms with Crippen LogP contribution in [0.5, 0.6) is 0 Å². The van der Waals surface area contributed by atoms with Crippen molar-refractivity contribution < 1.29 is 87.5 Å². The first kappa shape index (κ1) is 79.7. The van der Waals surface area contributed by atoms with E-state index in [2.05, 4.69) is 99.8 Å². The number of aromatic carboxylic acids is 4. The van der Waals surface area contributed by atoms with Crippen LogP contribution in [0.2, 0.25) is 0 Å². The molecule has 0 radical (unpaired) electrons. The zero-order valence-corrected chi connectivity index (χ0v) is 52.4. The summed E-state index contributed by atoms with van der Waals surface area (Å²) in [7, 11) is 0. The van der Waals surface area contributed by atoms with Crippen molar-refractivity contribution in [2.75, 3.05) is 52.4 Å². The van der Waals surface area contributed by atoms with Crippen LogP contribution in [-0.4, -0.2) is 115 Å². The quantitative estimate of drug-likeness (QED) is 0.0204. The first-order chi connectivity index (χ1) is 36.5. The maximum absolute atomic E-state index is 10.7.